The highest BCUT2D eigenvalue weighted by molar-refractivity contribution is 6.22. The number of benzene rings is 9. The lowest BCUT2D eigenvalue weighted by atomic mass is 9.79. The van der Waals surface area contributed by atoms with Gasteiger partial charge in [-0.05, 0) is 133 Å². The second-order valence-electron chi connectivity index (χ2n) is 16.6. The third-order valence-electron chi connectivity index (χ3n) is 11.1. The fraction of sp³-hybridized carbons (Fsp3) is 0.154. The molecule has 52 heavy (non-hydrogen) atoms. The number of hydrogen-bond acceptors (Lipinski definition) is 0. The Morgan fingerprint density at radius 2 is 0.731 bits per heavy atom. The molecular weight excluding hydrogens is 625 g/mol. The second-order valence-corrected chi connectivity index (χ2v) is 16.6. The van der Waals surface area contributed by atoms with Gasteiger partial charge in [0, 0.05) is 0 Å². The van der Waals surface area contributed by atoms with Crippen LogP contribution >= 0.6 is 0 Å². The van der Waals surface area contributed by atoms with Gasteiger partial charge in [0.2, 0.25) is 0 Å². The highest BCUT2D eigenvalue weighted by atomic mass is 14.3. The molecule has 0 radical (unpaired) electrons. The third kappa shape index (κ3) is 5.46. The van der Waals surface area contributed by atoms with Crippen LogP contribution in [0.15, 0.2) is 158 Å². The normalized spacial score (nSPS) is 12.4. The van der Waals surface area contributed by atoms with Gasteiger partial charge in [-0.1, -0.05) is 175 Å². The summed E-state index contributed by atoms with van der Waals surface area (Å²) >= 11 is 0. The predicted octanol–water partition coefficient (Wildman–Crippen LogP) is 15.0. The predicted molar refractivity (Wildman–Crippen MR) is 228 cm³/mol. The maximum atomic E-state index is 2.47. The van der Waals surface area contributed by atoms with Crippen LogP contribution in [0.4, 0.5) is 0 Å². The molecule has 252 valence electrons. The molecule has 0 aliphatic rings. The van der Waals surface area contributed by atoms with Crippen molar-refractivity contribution >= 4 is 53.9 Å². The number of fused-ring (bicyclic) bond motifs is 6. The summed E-state index contributed by atoms with van der Waals surface area (Å²) < 4.78 is 0. The summed E-state index contributed by atoms with van der Waals surface area (Å²) in [6.07, 6.45) is 0. The lowest BCUT2D eigenvalue weighted by molar-refractivity contribution is 0.590. The molecule has 0 aliphatic carbocycles. The van der Waals surface area contributed by atoms with Crippen LogP contribution in [0.5, 0.6) is 0 Å². The van der Waals surface area contributed by atoms with Crippen molar-refractivity contribution in [3.8, 4) is 33.4 Å². The fourth-order valence-electron chi connectivity index (χ4n) is 8.14. The Morgan fingerprint density at radius 3 is 1.37 bits per heavy atom. The van der Waals surface area contributed by atoms with Gasteiger partial charge in [-0.2, -0.15) is 0 Å². The summed E-state index contributed by atoms with van der Waals surface area (Å²) in [6.45, 7) is 13.9. The summed E-state index contributed by atoms with van der Waals surface area (Å²) in [5.74, 6) is 0. The molecule has 0 fully saturated rings. The largest absolute Gasteiger partial charge is 0.0616 e. The fourth-order valence-corrected chi connectivity index (χ4v) is 8.14. The zero-order chi connectivity index (χ0) is 35.8. The van der Waals surface area contributed by atoms with Gasteiger partial charge in [-0.15, -0.1) is 0 Å². The molecule has 0 saturated heterocycles. The maximum absolute atomic E-state index is 2.47. The molecule has 0 atom stereocenters. The van der Waals surface area contributed by atoms with Crippen LogP contribution in [0.3, 0.4) is 0 Å². The zero-order valence-electron chi connectivity index (χ0n) is 31.0. The van der Waals surface area contributed by atoms with Gasteiger partial charge < -0.3 is 0 Å². The summed E-state index contributed by atoms with van der Waals surface area (Å²) in [7, 11) is 0. The van der Waals surface area contributed by atoms with Crippen molar-refractivity contribution in [3.63, 3.8) is 0 Å². The van der Waals surface area contributed by atoms with Crippen molar-refractivity contribution in [2.24, 2.45) is 0 Å². The smallest absolute Gasteiger partial charge is 0.00260 e. The molecule has 0 aliphatic heterocycles. The minimum atomic E-state index is 0.0176. The second kappa shape index (κ2) is 11.9. The number of hydrogen-bond donors (Lipinski definition) is 0. The molecule has 0 aromatic heterocycles. The lowest BCUT2D eigenvalue weighted by Crippen LogP contribution is -2.11. The summed E-state index contributed by atoms with van der Waals surface area (Å²) in [6, 6.07) is 59.4. The molecule has 0 heteroatoms. The van der Waals surface area contributed by atoms with Crippen molar-refractivity contribution in [2.75, 3.05) is 0 Å². The Bertz CT molecular complexity index is 2840. The van der Waals surface area contributed by atoms with Gasteiger partial charge in [-0.25, -0.2) is 0 Å². The molecule has 0 saturated carbocycles. The molecule has 0 amide bonds. The topological polar surface area (TPSA) is 0 Å². The van der Waals surface area contributed by atoms with E-state index in [1.807, 2.05) is 0 Å². The van der Waals surface area contributed by atoms with Gasteiger partial charge in [-0.3, -0.25) is 0 Å². The first-order valence-electron chi connectivity index (χ1n) is 18.6. The Morgan fingerprint density at radius 1 is 0.269 bits per heavy atom. The molecule has 9 rings (SSSR count). The monoisotopic (exact) mass is 668 g/mol. The molecule has 9 aromatic carbocycles. The average Bonchev–Trinajstić information content (AvgIpc) is 3.15. The van der Waals surface area contributed by atoms with Crippen LogP contribution in [0.25, 0.3) is 87.2 Å². The van der Waals surface area contributed by atoms with Crippen LogP contribution in [0, 0.1) is 0 Å². The molecule has 0 unspecified atom stereocenters. The van der Waals surface area contributed by atoms with E-state index >= 15 is 0 Å². The first-order valence-corrected chi connectivity index (χ1v) is 18.6. The first-order chi connectivity index (χ1) is 25.0. The summed E-state index contributed by atoms with van der Waals surface area (Å²) in [4.78, 5) is 0. The number of rotatable bonds is 3. The van der Waals surface area contributed by atoms with Gasteiger partial charge in [0.25, 0.3) is 0 Å². The van der Waals surface area contributed by atoms with E-state index in [0.29, 0.717) is 0 Å². The van der Waals surface area contributed by atoms with Crippen molar-refractivity contribution in [1.29, 1.82) is 0 Å². The van der Waals surface area contributed by atoms with Crippen LogP contribution in [0.1, 0.15) is 52.7 Å². The molecule has 0 nitrogen and oxygen atoms in total. The van der Waals surface area contributed by atoms with Crippen LogP contribution in [-0.2, 0) is 10.8 Å². The molecule has 0 N–H and O–H groups in total. The SMILES string of the molecule is CC(C)(C)c1ccc2c(-c3ccc4ccccc4c3)c3cc(C(C)(C)C)ccc3c(-c3ccc(-c4ccc5ccc6ccccc6c5c4)cc3)c2c1. The van der Waals surface area contributed by atoms with Gasteiger partial charge in [0.05, 0.1) is 0 Å². The van der Waals surface area contributed by atoms with Gasteiger partial charge >= 0.3 is 0 Å². The Labute approximate surface area is 307 Å². The first kappa shape index (κ1) is 32.2. The van der Waals surface area contributed by atoms with Gasteiger partial charge in [0.15, 0.2) is 0 Å². The van der Waals surface area contributed by atoms with E-state index in [-0.39, 0.29) is 10.8 Å². The highest BCUT2D eigenvalue weighted by Gasteiger charge is 2.23. The van der Waals surface area contributed by atoms with E-state index in [0.717, 1.165) is 0 Å². The van der Waals surface area contributed by atoms with Crippen LogP contribution in [-0.4, -0.2) is 0 Å². The Hall–Kier alpha value is -5.72. The van der Waals surface area contributed by atoms with E-state index in [2.05, 4.69) is 199 Å². The standard InChI is InChI=1S/C52H44/c1-51(2,3)41-26-28-45-47(31-41)49(37-21-15-34(16-22-37)39-23-20-36-19-18-35-12-9-10-14-43(35)46(36)30-39)44-27-25-42(52(4,5)6)32-48(44)50(45)40-24-17-33-11-7-8-13-38(33)29-40/h7-32H,1-6H3. The quantitative estimate of drug-likeness (QED) is 0.130. The summed E-state index contributed by atoms with van der Waals surface area (Å²) in [5.41, 5.74) is 10.3. The van der Waals surface area contributed by atoms with Gasteiger partial charge in [0.1, 0.15) is 0 Å². The average molecular weight is 669 g/mol. The molecule has 0 spiro atoms. The summed E-state index contributed by atoms with van der Waals surface area (Å²) in [5, 5.41) is 12.9. The Kier molecular flexibility index (Phi) is 7.39. The van der Waals surface area contributed by atoms with Crippen LogP contribution in [0.2, 0.25) is 0 Å². The molecule has 0 heterocycles. The molecule has 9 aromatic rings. The van der Waals surface area contributed by atoms with E-state index in [1.54, 1.807) is 0 Å². The van der Waals surface area contributed by atoms with Crippen LogP contribution < -0.4 is 0 Å². The van der Waals surface area contributed by atoms with E-state index in [4.69, 9.17) is 0 Å². The maximum Gasteiger partial charge on any atom is -0.00260 e. The van der Waals surface area contributed by atoms with Crippen molar-refractivity contribution < 1.29 is 0 Å². The highest BCUT2D eigenvalue weighted by Crippen LogP contribution is 2.46. The van der Waals surface area contributed by atoms with Crippen molar-refractivity contribution in [3.05, 3.63) is 169 Å². The zero-order valence-corrected chi connectivity index (χ0v) is 31.0. The van der Waals surface area contributed by atoms with E-state index in [9.17, 15) is 0 Å². The molecular formula is C52H44. The van der Waals surface area contributed by atoms with E-state index in [1.165, 1.54) is 98.4 Å². The minimum Gasteiger partial charge on any atom is -0.0616 e. The van der Waals surface area contributed by atoms with E-state index < -0.39 is 0 Å². The van der Waals surface area contributed by atoms with Crippen molar-refractivity contribution in [1.82, 2.24) is 0 Å². The molecule has 0 bridgehead atoms. The lowest BCUT2D eigenvalue weighted by Gasteiger charge is -2.25. The Balaban J connectivity index is 1.30. The minimum absolute atomic E-state index is 0.0176. The third-order valence-corrected chi connectivity index (χ3v) is 11.1. The van der Waals surface area contributed by atoms with Crippen molar-refractivity contribution in [2.45, 2.75) is 52.4 Å².